The average Bonchev–Trinajstić information content (AvgIpc) is 3.18. The second-order valence-corrected chi connectivity index (χ2v) is 8.97. The summed E-state index contributed by atoms with van der Waals surface area (Å²) in [5, 5.41) is 0. The zero-order valence-corrected chi connectivity index (χ0v) is 20.4. The molecule has 6 heteroatoms. The molecule has 0 aliphatic rings. The van der Waals surface area contributed by atoms with Crippen molar-refractivity contribution < 1.29 is 9.53 Å². The number of fused-ring (bicyclic) bond motifs is 1. The lowest BCUT2D eigenvalue weighted by Crippen LogP contribution is -2.28. The van der Waals surface area contributed by atoms with E-state index in [1.54, 1.807) is 36.5 Å². The molecule has 176 valence electrons. The van der Waals surface area contributed by atoms with Crippen LogP contribution in [0, 0.1) is 6.92 Å². The van der Waals surface area contributed by atoms with E-state index in [0.29, 0.717) is 24.6 Å². The molecule has 0 saturated heterocycles. The van der Waals surface area contributed by atoms with Crippen LogP contribution < -0.4 is 4.74 Å². The van der Waals surface area contributed by atoms with Crippen molar-refractivity contribution in [3.63, 3.8) is 0 Å². The van der Waals surface area contributed by atoms with Crippen LogP contribution >= 0.6 is 0 Å². The van der Waals surface area contributed by atoms with Crippen LogP contribution in [0.4, 0.5) is 0 Å². The van der Waals surface area contributed by atoms with E-state index in [1.807, 2.05) is 18.2 Å². The topological polar surface area (TPSA) is 60.2 Å². The molecule has 0 aliphatic carbocycles. The first-order valence-electron chi connectivity index (χ1n) is 11.8. The molecule has 2 aromatic heterocycles. The van der Waals surface area contributed by atoms with Gasteiger partial charge in [0.2, 0.25) is 0 Å². The molecule has 4 rings (SSSR count). The minimum absolute atomic E-state index is 0.0734. The number of rotatable bonds is 9. The van der Waals surface area contributed by atoms with Crippen LogP contribution in [-0.4, -0.2) is 39.0 Å². The van der Waals surface area contributed by atoms with E-state index in [4.69, 9.17) is 9.72 Å². The summed E-state index contributed by atoms with van der Waals surface area (Å²) in [5.74, 6) is 2.16. The first-order valence-corrected chi connectivity index (χ1v) is 11.8. The van der Waals surface area contributed by atoms with E-state index < -0.39 is 0 Å². The third-order valence-electron chi connectivity index (χ3n) is 5.94. The molecule has 0 unspecified atom stereocenters. The lowest BCUT2D eigenvalue weighted by molar-refractivity contribution is 0.0779. The number of pyridine rings is 1. The Kier molecular flexibility index (Phi) is 7.26. The number of nitrogens with zero attached hydrogens (tertiary/aromatic N) is 4. The Morgan fingerprint density at radius 3 is 2.71 bits per heavy atom. The number of hydrogen-bond acceptors (Lipinski definition) is 4. The summed E-state index contributed by atoms with van der Waals surface area (Å²) < 4.78 is 8.40. The molecule has 0 aliphatic heterocycles. The van der Waals surface area contributed by atoms with E-state index in [2.05, 4.69) is 54.6 Å². The molecule has 0 bridgehead atoms. The van der Waals surface area contributed by atoms with Gasteiger partial charge in [0, 0.05) is 26.0 Å². The van der Waals surface area contributed by atoms with Crippen molar-refractivity contribution in [1.82, 2.24) is 19.4 Å². The van der Waals surface area contributed by atoms with Gasteiger partial charge in [0.25, 0.3) is 5.91 Å². The predicted molar refractivity (Wildman–Crippen MR) is 135 cm³/mol. The van der Waals surface area contributed by atoms with Gasteiger partial charge < -0.3 is 14.2 Å². The Bertz CT molecular complexity index is 1260. The fourth-order valence-corrected chi connectivity index (χ4v) is 4.14. The van der Waals surface area contributed by atoms with Crippen LogP contribution in [-0.2, 0) is 13.1 Å². The number of aryl methyl sites for hydroxylation is 2. The molecule has 34 heavy (non-hydrogen) atoms. The molecule has 6 nitrogen and oxygen atoms in total. The Hall–Kier alpha value is -3.67. The highest BCUT2D eigenvalue weighted by Crippen LogP contribution is 2.27. The molecule has 2 aromatic carbocycles. The van der Waals surface area contributed by atoms with Crippen molar-refractivity contribution in [2.45, 2.75) is 46.2 Å². The van der Waals surface area contributed by atoms with Gasteiger partial charge in [0.1, 0.15) is 11.6 Å². The molecule has 4 aromatic rings. The summed E-state index contributed by atoms with van der Waals surface area (Å²) in [7, 11) is 1.80. The summed E-state index contributed by atoms with van der Waals surface area (Å²) >= 11 is 0. The second-order valence-electron chi connectivity index (χ2n) is 8.97. The maximum absolute atomic E-state index is 12.8. The number of benzene rings is 2. The van der Waals surface area contributed by atoms with E-state index in [9.17, 15) is 4.79 Å². The van der Waals surface area contributed by atoms with Crippen molar-refractivity contribution in [3.05, 3.63) is 89.5 Å². The van der Waals surface area contributed by atoms with Crippen LogP contribution in [0.5, 0.6) is 5.75 Å². The maximum Gasteiger partial charge on any atom is 0.255 e. The highest BCUT2D eigenvalue weighted by Gasteiger charge is 2.17. The van der Waals surface area contributed by atoms with Gasteiger partial charge in [-0.1, -0.05) is 38.1 Å². The zero-order chi connectivity index (χ0) is 24.1. The van der Waals surface area contributed by atoms with Crippen molar-refractivity contribution in [3.8, 4) is 5.75 Å². The van der Waals surface area contributed by atoms with Crippen molar-refractivity contribution in [2.75, 3.05) is 13.7 Å². The van der Waals surface area contributed by atoms with Crippen LogP contribution in [0.25, 0.3) is 11.0 Å². The number of ether oxygens (including phenoxy) is 1. The van der Waals surface area contributed by atoms with Crippen molar-refractivity contribution >= 4 is 16.9 Å². The van der Waals surface area contributed by atoms with Gasteiger partial charge in [-0.15, -0.1) is 0 Å². The number of hydrogen-bond donors (Lipinski definition) is 0. The third-order valence-corrected chi connectivity index (χ3v) is 5.94. The molecule has 2 heterocycles. The van der Waals surface area contributed by atoms with Gasteiger partial charge in [0.05, 0.1) is 29.7 Å². The molecule has 1 amide bonds. The minimum Gasteiger partial charge on any atom is -0.493 e. The Balaban J connectivity index is 1.48. The van der Waals surface area contributed by atoms with E-state index in [0.717, 1.165) is 35.6 Å². The van der Waals surface area contributed by atoms with Gasteiger partial charge in [-0.3, -0.25) is 9.78 Å². The van der Waals surface area contributed by atoms with Gasteiger partial charge in [-0.05, 0) is 60.7 Å². The van der Waals surface area contributed by atoms with Crippen LogP contribution in [0.15, 0.2) is 67.0 Å². The number of amides is 1. The SMILES string of the molecule is Cc1ccc(C(C)C)c(OCCCn2c(CN(C)C(=O)c3cccnc3)nc3ccccc32)c1. The number of carbonyl (C=O) groups is 1. The predicted octanol–water partition coefficient (Wildman–Crippen LogP) is 5.60. The molecule has 0 saturated carbocycles. The largest absolute Gasteiger partial charge is 0.493 e. The van der Waals surface area contributed by atoms with Gasteiger partial charge >= 0.3 is 0 Å². The Labute approximate surface area is 201 Å². The summed E-state index contributed by atoms with van der Waals surface area (Å²) in [6.45, 7) is 8.24. The molecule has 0 N–H and O–H groups in total. The molecule has 0 fully saturated rings. The summed E-state index contributed by atoms with van der Waals surface area (Å²) in [6, 6.07) is 18.1. The summed E-state index contributed by atoms with van der Waals surface area (Å²) in [5.41, 5.74) is 5.00. The first-order chi connectivity index (χ1) is 16.4. The van der Waals surface area contributed by atoms with Crippen LogP contribution in [0.1, 0.15) is 53.5 Å². The monoisotopic (exact) mass is 456 g/mol. The van der Waals surface area contributed by atoms with Crippen molar-refractivity contribution in [2.24, 2.45) is 0 Å². The Morgan fingerprint density at radius 2 is 1.94 bits per heavy atom. The lowest BCUT2D eigenvalue weighted by Gasteiger charge is -2.18. The smallest absolute Gasteiger partial charge is 0.255 e. The van der Waals surface area contributed by atoms with E-state index >= 15 is 0 Å². The second kappa shape index (κ2) is 10.5. The van der Waals surface area contributed by atoms with Gasteiger partial charge in [0.15, 0.2) is 0 Å². The zero-order valence-electron chi connectivity index (χ0n) is 20.4. The minimum atomic E-state index is -0.0734. The normalized spacial score (nSPS) is 11.2. The van der Waals surface area contributed by atoms with Gasteiger partial charge in [-0.25, -0.2) is 4.98 Å². The molecular weight excluding hydrogens is 424 g/mol. The van der Waals surface area contributed by atoms with E-state index in [1.165, 1.54) is 11.1 Å². The number of carbonyl (C=O) groups excluding carboxylic acids is 1. The fourth-order valence-electron chi connectivity index (χ4n) is 4.14. The highest BCUT2D eigenvalue weighted by molar-refractivity contribution is 5.93. The summed E-state index contributed by atoms with van der Waals surface area (Å²) in [4.78, 5) is 23.4. The number of aromatic nitrogens is 3. The summed E-state index contributed by atoms with van der Waals surface area (Å²) in [6.07, 6.45) is 4.09. The number of imidazole rings is 1. The molecule has 0 atom stereocenters. The Morgan fingerprint density at radius 1 is 1.12 bits per heavy atom. The fraction of sp³-hybridized carbons (Fsp3) is 0.321. The average molecular weight is 457 g/mol. The quantitative estimate of drug-likeness (QED) is 0.307. The van der Waals surface area contributed by atoms with E-state index in [-0.39, 0.29) is 5.91 Å². The molecule has 0 spiro atoms. The molecular formula is C28H32N4O2. The molecule has 0 radical (unpaired) electrons. The highest BCUT2D eigenvalue weighted by atomic mass is 16.5. The number of para-hydroxylation sites is 2. The van der Waals surface area contributed by atoms with Crippen molar-refractivity contribution in [1.29, 1.82) is 0 Å². The van der Waals surface area contributed by atoms with Crippen LogP contribution in [0.3, 0.4) is 0 Å². The van der Waals surface area contributed by atoms with Gasteiger partial charge in [-0.2, -0.15) is 0 Å². The maximum atomic E-state index is 12.8. The third kappa shape index (κ3) is 5.28. The van der Waals surface area contributed by atoms with Crippen LogP contribution in [0.2, 0.25) is 0 Å². The lowest BCUT2D eigenvalue weighted by atomic mass is 10.0. The first kappa shape index (κ1) is 23.5. The standard InChI is InChI=1S/C28H32N4O2/c1-20(2)23-13-12-21(3)17-26(23)34-16-8-15-32-25-11-6-5-10-24(25)30-27(32)19-31(4)28(33)22-9-7-14-29-18-22/h5-7,9-14,17-18,20H,8,15-16,19H2,1-4H3.